The van der Waals surface area contributed by atoms with Gasteiger partial charge in [-0.15, -0.1) is 0 Å². The Hall–Kier alpha value is -1.84. The largest absolute Gasteiger partial charge is 0.341 e. The van der Waals surface area contributed by atoms with Gasteiger partial charge in [0, 0.05) is 25.2 Å². The summed E-state index contributed by atoms with van der Waals surface area (Å²) in [4.78, 5) is 29.6. The number of rotatable bonds is 2. The van der Waals surface area contributed by atoms with E-state index in [2.05, 4.69) is 20.8 Å². The first kappa shape index (κ1) is 18.0. The predicted octanol–water partition coefficient (Wildman–Crippen LogP) is 3.60. The van der Waals surface area contributed by atoms with E-state index in [1.54, 1.807) is 4.90 Å². The standard InChI is InChI=1S/C21H30N2O2/c1-20(2,3)17-10-8-16(9-11-17)18(24)23-15-12-21(23,4)19(25)22-13-6-5-7-14-22/h8-11H,5-7,12-15H2,1-4H3. The average molecular weight is 342 g/mol. The lowest BCUT2D eigenvalue weighted by atomic mass is 9.83. The molecule has 0 aromatic heterocycles. The Bertz CT molecular complexity index is 653. The van der Waals surface area contributed by atoms with Crippen molar-refractivity contribution in [2.45, 2.75) is 64.3 Å². The molecule has 0 radical (unpaired) electrons. The van der Waals surface area contributed by atoms with Crippen LogP contribution in [0.25, 0.3) is 0 Å². The van der Waals surface area contributed by atoms with E-state index in [1.165, 1.54) is 12.0 Å². The Morgan fingerprint density at radius 1 is 0.960 bits per heavy atom. The molecule has 25 heavy (non-hydrogen) atoms. The van der Waals surface area contributed by atoms with E-state index in [0.717, 1.165) is 32.4 Å². The molecule has 1 unspecified atom stereocenters. The van der Waals surface area contributed by atoms with Crippen molar-refractivity contribution in [3.05, 3.63) is 35.4 Å². The second-order valence-electron chi connectivity index (χ2n) is 8.66. The van der Waals surface area contributed by atoms with Crippen LogP contribution in [0.1, 0.15) is 69.3 Å². The predicted molar refractivity (Wildman–Crippen MR) is 99.6 cm³/mol. The van der Waals surface area contributed by atoms with Crippen LogP contribution in [-0.4, -0.2) is 46.8 Å². The molecule has 2 amide bonds. The topological polar surface area (TPSA) is 40.6 Å². The second-order valence-corrected chi connectivity index (χ2v) is 8.66. The number of nitrogens with zero attached hydrogens (tertiary/aromatic N) is 2. The van der Waals surface area contributed by atoms with Gasteiger partial charge >= 0.3 is 0 Å². The summed E-state index contributed by atoms with van der Waals surface area (Å²) in [5, 5.41) is 0. The fourth-order valence-corrected chi connectivity index (χ4v) is 3.81. The maximum absolute atomic E-state index is 13.0. The Balaban J connectivity index is 1.74. The molecule has 0 saturated carbocycles. The van der Waals surface area contributed by atoms with Crippen molar-refractivity contribution in [1.82, 2.24) is 9.80 Å². The first-order valence-corrected chi connectivity index (χ1v) is 9.45. The van der Waals surface area contributed by atoms with Gasteiger partial charge in [0.15, 0.2) is 0 Å². The second kappa shape index (κ2) is 6.47. The highest BCUT2D eigenvalue weighted by Gasteiger charge is 2.51. The highest BCUT2D eigenvalue weighted by Crippen LogP contribution is 2.35. The van der Waals surface area contributed by atoms with Crippen LogP contribution in [-0.2, 0) is 10.2 Å². The molecule has 2 saturated heterocycles. The minimum atomic E-state index is -0.670. The quantitative estimate of drug-likeness (QED) is 0.824. The van der Waals surface area contributed by atoms with Crippen LogP contribution < -0.4 is 0 Å². The number of amides is 2. The van der Waals surface area contributed by atoms with Gasteiger partial charge in [-0.2, -0.15) is 0 Å². The van der Waals surface area contributed by atoms with Crippen LogP contribution in [0.15, 0.2) is 24.3 Å². The SMILES string of the molecule is CC(C)(C)c1ccc(C(=O)N2CCC2(C)C(=O)N2CCCCC2)cc1. The zero-order valence-electron chi connectivity index (χ0n) is 16.0. The van der Waals surface area contributed by atoms with E-state index >= 15 is 0 Å². The van der Waals surface area contributed by atoms with E-state index in [4.69, 9.17) is 0 Å². The molecule has 2 aliphatic heterocycles. The highest BCUT2D eigenvalue weighted by molar-refractivity contribution is 6.00. The Labute approximate surface area is 151 Å². The number of hydrogen-bond donors (Lipinski definition) is 0. The summed E-state index contributed by atoms with van der Waals surface area (Å²) in [7, 11) is 0. The van der Waals surface area contributed by atoms with Crippen LogP contribution in [0.3, 0.4) is 0 Å². The fourth-order valence-electron chi connectivity index (χ4n) is 3.81. The van der Waals surface area contributed by atoms with Gasteiger partial charge in [0.25, 0.3) is 5.91 Å². The number of likely N-dealkylation sites (tertiary alicyclic amines) is 2. The van der Waals surface area contributed by atoms with Crippen molar-refractivity contribution >= 4 is 11.8 Å². The van der Waals surface area contributed by atoms with Crippen LogP contribution in [0.2, 0.25) is 0 Å². The van der Waals surface area contributed by atoms with E-state index in [1.807, 2.05) is 36.1 Å². The first-order valence-electron chi connectivity index (χ1n) is 9.45. The summed E-state index contributed by atoms with van der Waals surface area (Å²) in [5.41, 5.74) is 1.28. The molecule has 2 aliphatic rings. The molecule has 1 aromatic rings. The van der Waals surface area contributed by atoms with Crippen molar-refractivity contribution in [1.29, 1.82) is 0 Å². The molecule has 0 spiro atoms. The fraction of sp³-hybridized carbons (Fsp3) is 0.619. The molecule has 4 nitrogen and oxygen atoms in total. The lowest BCUT2D eigenvalue weighted by Gasteiger charge is -2.51. The zero-order valence-corrected chi connectivity index (χ0v) is 16.0. The minimum absolute atomic E-state index is 0.0282. The van der Waals surface area contributed by atoms with Gasteiger partial charge in [-0.1, -0.05) is 32.9 Å². The Kier molecular flexibility index (Phi) is 4.65. The summed E-state index contributed by atoms with van der Waals surface area (Å²) in [6.07, 6.45) is 4.10. The van der Waals surface area contributed by atoms with Crippen molar-refractivity contribution in [2.24, 2.45) is 0 Å². The van der Waals surface area contributed by atoms with Gasteiger partial charge in [-0.3, -0.25) is 9.59 Å². The van der Waals surface area contributed by atoms with Gasteiger partial charge in [-0.25, -0.2) is 0 Å². The van der Waals surface area contributed by atoms with Gasteiger partial charge in [0.1, 0.15) is 5.54 Å². The van der Waals surface area contributed by atoms with Crippen molar-refractivity contribution < 1.29 is 9.59 Å². The molecular formula is C21H30N2O2. The van der Waals surface area contributed by atoms with Gasteiger partial charge in [0.05, 0.1) is 0 Å². The first-order chi connectivity index (χ1) is 11.7. The molecule has 1 atom stereocenters. The molecule has 1 aromatic carbocycles. The summed E-state index contributed by atoms with van der Waals surface area (Å²) >= 11 is 0. The molecular weight excluding hydrogens is 312 g/mol. The summed E-state index contributed by atoms with van der Waals surface area (Å²) < 4.78 is 0. The molecule has 2 heterocycles. The molecule has 0 bridgehead atoms. The molecule has 4 heteroatoms. The molecule has 3 rings (SSSR count). The number of carbonyl (C=O) groups is 2. The van der Waals surface area contributed by atoms with Crippen LogP contribution in [0.4, 0.5) is 0 Å². The Morgan fingerprint density at radius 2 is 1.56 bits per heavy atom. The van der Waals surface area contributed by atoms with E-state index in [9.17, 15) is 9.59 Å². The average Bonchev–Trinajstić information content (AvgIpc) is 2.59. The van der Waals surface area contributed by atoms with E-state index in [-0.39, 0.29) is 17.2 Å². The molecule has 0 N–H and O–H groups in total. The number of benzene rings is 1. The normalized spacial score (nSPS) is 24.0. The van der Waals surface area contributed by atoms with Gasteiger partial charge < -0.3 is 9.80 Å². The molecule has 136 valence electrons. The smallest absolute Gasteiger partial charge is 0.254 e. The maximum atomic E-state index is 13.0. The lowest BCUT2D eigenvalue weighted by Crippen LogP contribution is -2.68. The summed E-state index contributed by atoms with van der Waals surface area (Å²) in [6.45, 7) is 10.7. The van der Waals surface area contributed by atoms with Crippen molar-refractivity contribution in [3.8, 4) is 0 Å². The number of carbonyl (C=O) groups excluding carboxylic acids is 2. The number of piperidine rings is 1. The Morgan fingerprint density at radius 3 is 2.04 bits per heavy atom. The van der Waals surface area contributed by atoms with Crippen molar-refractivity contribution in [3.63, 3.8) is 0 Å². The third-order valence-electron chi connectivity index (χ3n) is 5.76. The maximum Gasteiger partial charge on any atom is 0.254 e. The van der Waals surface area contributed by atoms with Gasteiger partial charge in [0.2, 0.25) is 5.91 Å². The third-order valence-corrected chi connectivity index (χ3v) is 5.76. The minimum Gasteiger partial charge on any atom is -0.341 e. The molecule has 0 aliphatic carbocycles. The van der Waals surface area contributed by atoms with E-state index in [0.29, 0.717) is 12.1 Å². The van der Waals surface area contributed by atoms with Gasteiger partial charge in [-0.05, 0) is 55.7 Å². The van der Waals surface area contributed by atoms with Crippen LogP contribution >= 0.6 is 0 Å². The van der Waals surface area contributed by atoms with Crippen LogP contribution in [0.5, 0.6) is 0 Å². The summed E-state index contributed by atoms with van der Waals surface area (Å²) in [5.74, 6) is 0.0951. The van der Waals surface area contributed by atoms with Crippen LogP contribution in [0, 0.1) is 0 Å². The van der Waals surface area contributed by atoms with E-state index < -0.39 is 5.54 Å². The lowest BCUT2D eigenvalue weighted by molar-refractivity contribution is -0.149. The number of hydrogen-bond acceptors (Lipinski definition) is 2. The summed E-state index contributed by atoms with van der Waals surface area (Å²) in [6, 6.07) is 7.84. The molecule has 2 fully saturated rings. The van der Waals surface area contributed by atoms with Crippen molar-refractivity contribution in [2.75, 3.05) is 19.6 Å². The third kappa shape index (κ3) is 3.31. The highest BCUT2D eigenvalue weighted by atomic mass is 16.2. The monoisotopic (exact) mass is 342 g/mol. The zero-order chi connectivity index (χ0) is 18.2.